The molecule has 2 aliphatic rings. The molecule has 1 amide bonds. The Bertz CT molecular complexity index is 1360. The van der Waals surface area contributed by atoms with Crippen molar-refractivity contribution >= 4 is 21.6 Å². The molecule has 10 heteroatoms. The van der Waals surface area contributed by atoms with Crippen molar-refractivity contribution in [2.45, 2.75) is 37.6 Å². The van der Waals surface area contributed by atoms with Gasteiger partial charge in [-0.2, -0.15) is 4.98 Å². The first-order valence-electron chi connectivity index (χ1n) is 12.2. The molecule has 0 unspecified atom stereocenters. The molecule has 2 aromatic carbocycles. The smallest absolute Gasteiger partial charge is 0.242 e. The van der Waals surface area contributed by atoms with Crippen LogP contribution in [0.2, 0.25) is 0 Å². The summed E-state index contributed by atoms with van der Waals surface area (Å²) >= 11 is 0. The highest BCUT2D eigenvalue weighted by atomic mass is 32.2. The Morgan fingerprint density at radius 2 is 1.81 bits per heavy atom. The maximum absolute atomic E-state index is 13.3. The molecule has 5 rings (SSSR count). The van der Waals surface area contributed by atoms with E-state index < -0.39 is 10.0 Å². The van der Waals surface area contributed by atoms with Crippen molar-refractivity contribution in [1.82, 2.24) is 19.3 Å². The van der Waals surface area contributed by atoms with Crippen LogP contribution in [0.25, 0.3) is 11.4 Å². The molecular formula is C26H31N5O4S. The Morgan fingerprint density at radius 3 is 2.50 bits per heavy atom. The van der Waals surface area contributed by atoms with E-state index >= 15 is 0 Å². The Morgan fingerprint density at radius 1 is 1.08 bits per heavy atom. The Labute approximate surface area is 211 Å². The summed E-state index contributed by atoms with van der Waals surface area (Å²) in [4.78, 5) is 22.2. The molecule has 0 aliphatic carbocycles. The van der Waals surface area contributed by atoms with Crippen LogP contribution in [0.15, 0.2) is 51.9 Å². The Kier molecular flexibility index (Phi) is 6.67. The number of hydrogen-bond acceptors (Lipinski definition) is 7. The van der Waals surface area contributed by atoms with Crippen molar-refractivity contribution in [3.8, 4) is 11.4 Å². The van der Waals surface area contributed by atoms with Gasteiger partial charge in [0.2, 0.25) is 27.6 Å². The van der Waals surface area contributed by atoms with Crippen LogP contribution in [-0.4, -0.2) is 67.4 Å². The van der Waals surface area contributed by atoms with E-state index in [4.69, 9.17) is 4.52 Å². The molecule has 190 valence electrons. The van der Waals surface area contributed by atoms with E-state index in [2.05, 4.69) is 15.0 Å². The molecule has 2 aliphatic heterocycles. The molecule has 3 aromatic rings. The van der Waals surface area contributed by atoms with Gasteiger partial charge in [0.25, 0.3) is 0 Å². The van der Waals surface area contributed by atoms with E-state index in [1.807, 2.05) is 36.1 Å². The largest absolute Gasteiger partial charge is 0.338 e. The first-order chi connectivity index (χ1) is 17.2. The van der Waals surface area contributed by atoms with Gasteiger partial charge in [-0.25, -0.2) is 12.7 Å². The summed E-state index contributed by atoms with van der Waals surface area (Å²) in [5.74, 6) is 1.23. The van der Waals surface area contributed by atoms with Crippen LogP contribution in [0.3, 0.4) is 0 Å². The SMILES string of the molecule is Cc1ccc(-c2noc(CN3CCC(C(=O)N4CCc5cc(S(=O)(=O)N(C)C)ccc54)CC3)n2)cc1. The molecule has 0 radical (unpaired) electrons. The lowest BCUT2D eigenvalue weighted by atomic mass is 9.95. The molecule has 0 spiro atoms. The number of likely N-dealkylation sites (tertiary alicyclic amines) is 1. The fourth-order valence-corrected chi connectivity index (χ4v) is 5.82. The maximum Gasteiger partial charge on any atom is 0.242 e. The van der Waals surface area contributed by atoms with E-state index in [-0.39, 0.29) is 16.7 Å². The van der Waals surface area contributed by atoms with Gasteiger partial charge in [0.05, 0.1) is 11.4 Å². The molecule has 1 aromatic heterocycles. The van der Waals surface area contributed by atoms with Crippen LogP contribution in [0.1, 0.15) is 29.9 Å². The molecule has 0 atom stereocenters. The number of hydrogen-bond donors (Lipinski definition) is 0. The fraction of sp³-hybridized carbons (Fsp3) is 0.423. The van der Waals surface area contributed by atoms with Gasteiger partial charge in [-0.15, -0.1) is 0 Å². The predicted molar refractivity (Wildman–Crippen MR) is 136 cm³/mol. The maximum atomic E-state index is 13.3. The lowest BCUT2D eigenvalue weighted by Gasteiger charge is -2.32. The first kappa shape index (κ1) is 24.6. The number of sulfonamides is 1. The van der Waals surface area contributed by atoms with Crippen molar-refractivity contribution in [1.29, 1.82) is 0 Å². The molecule has 0 bridgehead atoms. The van der Waals surface area contributed by atoms with E-state index in [9.17, 15) is 13.2 Å². The number of aromatic nitrogens is 2. The number of carbonyl (C=O) groups excluding carboxylic acids is 1. The summed E-state index contributed by atoms with van der Waals surface area (Å²) in [5.41, 5.74) is 3.84. The van der Waals surface area contributed by atoms with Crippen LogP contribution in [0, 0.1) is 12.8 Å². The van der Waals surface area contributed by atoms with E-state index in [1.54, 1.807) is 18.2 Å². The third-order valence-corrected chi connectivity index (χ3v) is 8.88. The van der Waals surface area contributed by atoms with Gasteiger partial charge in [0, 0.05) is 37.8 Å². The van der Waals surface area contributed by atoms with Crippen molar-refractivity contribution in [2.24, 2.45) is 5.92 Å². The molecule has 0 saturated carbocycles. The first-order valence-corrected chi connectivity index (χ1v) is 13.6. The second-order valence-corrected chi connectivity index (χ2v) is 11.9. The van der Waals surface area contributed by atoms with Gasteiger partial charge in [0.15, 0.2) is 0 Å². The number of nitrogens with zero attached hydrogens (tertiary/aromatic N) is 5. The van der Waals surface area contributed by atoms with Crippen LogP contribution < -0.4 is 4.90 Å². The van der Waals surface area contributed by atoms with E-state index in [1.165, 1.54) is 24.0 Å². The number of benzene rings is 2. The average Bonchev–Trinajstić information content (AvgIpc) is 3.51. The number of carbonyl (C=O) groups is 1. The third-order valence-electron chi connectivity index (χ3n) is 7.06. The zero-order valence-electron chi connectivity index (χ0n) is 20.8. The monoisotopic (exact) mass is 509 g/mol. The minimum atomic E-state index is -3.50. The minimum Gasteiger partial charge on any atom is -0.338 e. The third kappa shape index (κ3) is 4.80. The number of rotatable bonds is 6. The zero-order chi connectivity index (χ0) is 25.4. The van der Waals surface area contributed by atoms with Crippen LogP contribution in [-0.2, 0) is 27.8 Å². The van der Waals surface area contributed by atoms with Gasteiger partial charge >= 0.3 is 0 Å². The summed E-state index contributed by atoms with van der Waals surface area (Å²) in [6.07, 6.45) is 2.19. The number of anilines is 1. The quantitative estimate of drug-likeness (QED) is 0.503. The van der Waals surface area contributed by atoms with Crippen LogP contribution in [0.4, 0.5) is 5.69 Å². The zero-order valence-corrected chi connectivity index (χ0v) is 21.7. The second-order valence-electron chi connectivity index (χ2n) is 9.75. The second kappa shape index (κ2) is 9.76. The van der Waals surface area contributed by atoms with Crippen LogP contribution >= 0.6 is 0 Å². The van der Waals surface area contributed by atoms with Crippen molar-refractivity contribution in [3.05, 3.63) is 59.5 Å². The summed E-state index contributed by atoms with van der Waals surface area (Å²) in [6, 6.07) is 13.1. The van der Waals surface area contributed by atoms with Gasteiger partial charge < -0.3 is 9.42 Å². The summed E-state index contributed by atoms with van der Waals surface area (Å²) in [6.45, 7) is 4.74. The lowest BCUT2D eigenvalue weighted by molar-refractivity contribution is -0.123. The Balaban J connectivity index is 1.18. The van der Waals surface area contributed by atoms with Crippen molar-refractivity contribution in [3.63, 3.8) is 0 Å². The topological polar surface area (TPSA) is 99.8 Å². The Hall–Kier alpha value is -3.08. The minimum absolute atomic E-state index is 0.0526. The van der Waals surface area contributed by atoms with Crippen molar-refractivity contribution in [2.75, 3.05) is 38.6 Å². The molecule has 36 heavy (non-hydrogen) atoms. The predicted octanol–water partition coefficient (Wildman–Crippen LogP) is 3.10. The lowest BCUT2D eigenvalue weighted by Crippen LogP contribution is -2.42. The summed E-state index contributed by atoms with van der Waals surface area (Å²) in [7, 11) is -0.458. The molecular weight excluding hydrogens is 478 g/mol. The molecule has 9 nitrogen and oxygen atoms in total. The van der Waals surface area contributed by atoms with Gasteiger partial charge in [0.1, 0.15) is 0 Å². The number of aryl methyl sites for hydroxylation is 1. The highest BCUT2D eigenvalue weighted by Gasteiger charge is 2.33. The van der Waals surface area contributed by atoms with Gasteiger partial charge in [-0.3, -0.25) is 9.69 Å². The number of fused-ring (bicyclic) bond motifs is 1. The van der Waals surface area contributed by atoms with E-state index in [0.29, 0.717) is 31.2 Å². The van der Waals surface area contributed by atoms with Gasteiger partial charge in [-0.05, 0) is 63.0 Å². The number of piperidine rings is 1. The van der Waals surface area contributed by atoms with Crippen LogP contribution in [0.5, 0.6) is 0 Å². The fourth-order valence-electron chi connectivity index (χ4n) is 4.87. The highest BCUT2D eigenvalue weighted by Crippen LogP contribution is 2.33. The van der Waals surface area contributed by atoms with Gasteiger partial charge in [-0.1, -0.05) is 35.0 Å². The average molecular weight is 510 g/mol. The summed E-state index contributed by atoms with van der Waals surface area (Å²) in [5, 5.41) is 4.12. The molecule has 1 saturated heterocycles. The number of amides is 1. The van der Waals surface area contributed by atoms with E-state index in [0.717, 1.165) is 42.7 Å². The normalized spacial score (nSPS) is 17.1. The molecule has 1 fully saturated rings. The van der Waals surface area contributed by atoms with Crippen molar-refractivity contribution < 1.29 is 17.7 Å². The standard InChI is InChI=1S/C26H31N5O4S/c1-18-4-6-19(7-5-18)25-27-24(35-28-25)17-30-13-10-20(11-14-30)26(32)31-15-12-21-16-22(8-9-23(21)31)36(33,34)29(2)3/h4-9,16,20H,10-15,17H2,1-3H3. The molecule has 0 N–H and O–H groups in total. The molecule has 3 heterocycles. The highest BCUT2D eigenvalue weighted by molar-refractivity contribution is 7.89. The summed E-state index contributed by atoms with van der Waals surface area (Å²) < 4.78 is 31.6.